The van der Waals surface area contributed by atoms with Gasteiger partial charge in [-0.15, -0.1) is 0 Å². The Bertz CT molecular complexity index is 1240. The molecule has 3 amide bonds. The number of esters is 1. The average molecular weight is 548 g/mol. The quantitative estimate of drug-likeness (QED) is 0.260. The standard InChI is InChI=1S/C16H19NO3.C15H18N2O3/c1-20-14(18)12-3-4-13-10-16(7-5-11(13)9-12)6-2-8-17-15(16)19;18-13(17-20)11-2-3-12-9-15(6-4-10(12)8-11)5-1-7-16-14(15)19/h3-4,9H,2,5-8,10H2,1H3,(H,17,19);2-3,8,20H,1,4-7,9H2,(H,16,19)(H,17,18). The summed E-state index contributed by atoms with van der Waals surface area (Å²) in [6, 6.07) is 11.1. The Labute approximate surface area is 234 Å². The van der Waals surface area contributed by atoms with Crippen LogP contribution in [0, 0.1) is 10.8 Å². The predicted octanol–water partition coefficient (Wildman–Crippen LogP) is 3.05. The Balaban J connectivity index is 0.000000161. The molecule has 0 aromatic heterocycles. The van der Waals surface area contributed by atoms with Gasteiger partial charge in [-0.1, -0.05) is 12.1 Å². The number of carbonyl (C=O) groups excluding carboxylic acids is 4. The average Bonchev–Trinajstić information content (AvgIpc) is 2.99. The molecule has 0 bridgehead atoms. The number of methoxy groups -OCH3 is 1. The van der Waals surface area contributed by atoms with Gasteiger partial charge >= 0.3 is 5.97 Å². The lowest BCUT2D eigenvalue weighted by Crippen LogP contribution is -2.48. The SMILES string of the molecule is COC(=O)c1ccc2c(c1)CCC1(CCCNC1=O)C2.O=C(NO)c1ccc2c(c1)CCC1(CCCNC1=O)C2. The van der Waals surface area contributed by atoms with E-state index in [0.717, 1.165) is 88.4 Å². The summed E-state index contributed by atoms with van der Waals surface area (Å²) in [5.74, 6) is -0.426. The molecule has 2 aliphatic carbocycles. The lowest BCUT2D eigenvalue weighted by Gasteiger charge is -2.39. The maximum Gasteiger partial charge on any atom is 0.337 e. The van der Waals surface area contributed by atoms with Crippen LogP contribution in [0.1, 0.15) is 81.5 Å². The number of fused-ring (bicyclic) bond motifs is 2. The van der Waals surface area contributed by atoms with Crippen molar-refractivity contribution >= 4 is 23.7 Å². The fraction of sp³-hybridized carbons (Fsp3) is 0.484. The van der Waals surface area contributed by atoms with E-state index in [0.29, 0.717) is 11.1 Å². The summed E-state index contributed by atoms with van der Waals surface area (Å²) in [5, 5.41) is 14.6. The van der Waals surface area contributed by atoms with Gasteiger partial charge in [-0.2, -0.15) is 0 Å². The summed E-state index contributed by atoms with van der Waals surface area (Å²) in [6.45, 7) is 1.58. The Morgan fingerprint density at radius 2 is 1.27 bits per heavy atom. The van der Waals surface area contributed by atoms with Gasteiger partial charge in [-0.3, -0.25) is 19.6 Å². The second-order valence-electron chi connectivity index (χ2n) is 11.5. The summed E-state index contributed by atoms with van der Waals surface area (Å²) in [4.78, 5) is 47.4. The normalized spacial score (nSPS) is 24.9. The highest BCUT2D eigenvalue weighted by Gasteiger charge is 2.43. The molecule has 2 aliphatic heterocycles. The largest absolute Gasteiger partial charge is 0.465 e. The molecule has 2 aromatic rings. The zero-order chi connectivity index (χ0) is 28.3. The predicted molar refractivity (Wildman–Crippen MR) is 147 cm³/mol. The minimum atomic E-state index is -0.497. The van der Waals surface area contributed by atoms with Crippen LogP contribution in [0.15, 0.2) is 36.4 Å². The van der Waals surface area contributed by atoms with Gasteiger partial charge in [0.15, 0.2) is 0 Å². The van der Waals surface area contributed by atoms with Gasteiger partial charge in [0.1, 0.15) is 0 Å². The summed E-state index contributed by atoms with van der Waals surface area (Å²) in [6.07, 6.45) is 8.89. The molecule has 0 saturated carbocycles. The highest BCUT2D eigenvalue weighted by Crippen LogP contribution is 2.42. The molecule has 0 radical (unpaired) electrons. The van der Waals surface area contributed by atoms with E-state index in [-0.39, 0.29) is 28.6 Å². The van der Waals surface area contributed by atoms with Crippen LogP contribution in [0.3, 0.4) is 0 Å². The molecule has 2 atom stereocenters. The van der Waals surface area contributed by atoms with Gasteiger partial charge < -0.3 is 15.4 Å². The molecule has 2 unspecified atom stereocenters. The number of hydrogen-bond acceptors (Lipinski definition) is 6. The number of aryl methyl sites for hydroxylation is 2. The van der Waals surface area contributed by atoms with E-state index in [9.17, 15) is 19.2 Å². The van der Waals surface area contributed by atoms with E-state index in [2.05, 4.69) is 10.6 Å². The number of benzene rings is 2. The topological polar surface area (TPSA) is 134 Å². The van der Waals surface area contributed by atoms with E-state index in [1.165, 1.54) is 18.2 Å². The molecule has 6 rings (SSSR count). The zero-order valence-electron chi connectivity index (χ0n) is 22.9. The molecule has 2 aromatic carbocycles. The Morgan fingerprint density at radius 1 is 0.775 bits per heavy atom. The third-order valence-electron chi connectivity index (χ3n) is 9.20. The van der Waals surface area contributed by atoms with Crippen LogP contribution >= 0.6 is 0 Å². The Morgan fingerprint density at radius 3 is 1.75 bits per heavy atom. The van der Waals surface area contributed by atoms with Crippen molar-refractivity contribution in [2.45, 2.75) is 64.2 Å². The third kappa shape index (κ3) is 5.35. The second kappa shape index (κ2) is 11.4. The maximum atomic E-state index is 12.2. The Hall–Kier alpha value is -3.72. The summed E-state index contributed by atoms with van der Waals surface area (Å²) in [7, 11) is 1.39. The lowest BCUT2D eigenvalue weighted by atomic mass is 9.67. The molecule has 2 heterocycles. The number of piperidine rings is 2. The molecular weight excluding hydrogens is 510 g/mol. The van der Waals surface area contributed by atoms with Crippen molar-refractivity contribution in [1.29, 1.82) is 0 Å². The molecule has 40 heavy (non-hydrogen) atoms. The fourth-order valence-corrected chi connectivity index (χ4v) is 6.84. The van der Waals surface area contributed by atoms with Crippen molar-refractivity contribution in [1.82, 2.24) is 16.1 Å². The van der Waals surface area contributed by atoms with Crippen molar-refractivity contribution in [2.24, 2.45) is 10.8 Å². The maximum absolute atomic E-state index is 12.2. The minimum Gasteiger partial charge on any atom is -0.465 e. The van der Waals surface area contributed by atoms with Crippen LogP contribution in [-0.4, -0.2) is 49.1 Å². The summed E-state index contributed by atoms with van der Waals surface area (Å²) in [5.41, 5.74) is 6.83. The zero-order valence-corrected chi connectivity index (χ0v) is 22.9. The molecule has 9 nitrogen and oxygen atoms in total. The molecule has 4 N–H and O–H groups in total. The van der Waals surface area contributed by atoms with Gasteiger partial charge in [0.05, 0.1) is 23.5 Å². The molecular formula is C31H37N3O6. The smallest absolute Gasteiger partial charge is 0.337 e. The first-order valence-electron chi connectivity index (χ1n) is 14.1. The first kappa shape index (κ1) is 27.8. The molecule has 212 valence electrons. The number of amides is 3. The van der Waals surface area contributed by atoms with Crippen LogP contribution in [0.25, 0.3) is 0 Å². The van der Waals surface area contributed by atoms with Crippen molar-refractivity contribution < 1.29 is 29.1 Å². The van der Waals surface area contributed by atoms with Gasteiger partial charge in [-0.05, 0) is 111 Å². The van der Waals surface area contributed by atoms with E-state index in [1.807, 2.05) is 24.3 Å². The highest BCUT2D eigenvalue weighted by molar-refractivity contribution is 5.93. The van der Waals surface area contributed by atoms with Crippen LogP contribution in [0.5, 0.6) is 0 Å². The minimum absolute atomic E-state index is 0.173. The van der Waals surface area contributed by atoms with Gasteiger partial charge in [0.2, 0.25) is 11.8 Å². The van der Waals surface area contributed by atoms with Gasteiger partial charge in [0, 0.05) is 18.7 Å². The third-order valence-corrected chi connectivity index (χ3v) is 9.20. The lowest BCUT2D eigenvalue weighted by molar-refractivity contribution is -0.135. The Kier molecular flexibility index (Phi) is 7.94. The van der Waals surface area contributed by atoms with Gasteiger partial charge in [0.25, 0.3) is 5.91 Å². The van der Waals surface area contributed by atoms with Crippen molar-refractivity contribution in [3.05, 3.63) is 69.8 Å². The van der Waals surface area contributed by atoms with Gasteiger partial charge in [-0.25, -0.2) is 10.3 Å². The van der Waals surface area contributed by atoms with E-state index < -0.39 is 5.91 Å². The van der Waals surface area contributed by atoms with Crippen LogP contribution in [0.4, 0.5) is 0 Å². The van der Waals surface area contributed by atoms with Crippen LogP contribution < -0.4 is 16.1 Å². The van der Waals surface area contributed by atoms with E-state index in [4.69, 9.17) is 9.94 Å². The molecule has 2 saturated heterocycles. The fourth-order valence-electron chi connectivity index (χ4n) is 6.84. The molecule has 2 spiro atoms. The molecule has 4 aliphatic rings. The number of hydrogen-bond donors (Lipinski definition) is 4. The second-order valence-corrected chi connectivity index (χ2v) is 11.5. The first-order valence-corrected chi connectivity index (χ1v) is 14.1. The van der Waals surface area contributed by atoms with Crippen molar-refractivity contribution in [3.63, 3.8) is 0 Å². The number of ether oxygens (including phenoxy) is 1. The monoisotopic (exact) mass is 547 g/mol. The number of hydroxylamine groups is 1. The van der Waals surface area contributed by atoms with Crippen molar-refractivity contribution in [3.8, 4) is 0 Å². The van der Waals surface area contributed by atoms with E-state index >= 15 is 0 Å². The first-order chi connectivity index (χ1) is 19.3. The summed E-state index contributed by atoms with van der Waals surface area (Å²) >= 11 is 0. The summed E-state index contributed by atoms with van der Waals surface area (Å²) < 4.78 is 4.75. The number of rotatable bonds is 2. The molecule has 2 fully saturated rings. The highest BCUT2D eigenvalue weighted by atomic mass is 16.5. The molecule has 9 heteroatoms. The van der Waals surface area contributed by atoms with Crippen LogP contribution in [0.2, 0.25) is 0 Å². The van der Waals surface area contributed by atoms with Crippen LogP contribution in [-0.2, 0) is 40.0 Å². The van der Waals surface area contributed by atoms with E-state index in [1.54, 1.807) is 17.6 Å². The number of nitrogens with one attached hydrogen (secondary N) is 3. The number of carbonyl (C=O) groups is 4. The van der Waals surface area contributed by atoms with Crippen molar-refractivity contribution in [2.75, 3.05) is 20.2 Å².